The van der Waals surface area contributed by atoms with E-state index in [2.05, 4.69) is 11.9 Å². The average molecular weight is 142 g/mol. The number of likely N-dealkylation sites (tertiary alicyclic amines) is 1. The molecular formula is C8H16NO. The van der Waals surface area contributed by atoms with E-state index in [1.807, 2.05) is 0 Å². The van der Waals surface area contributed by atoms with Crippen LogP contribution >= 0.6 is 0 Å². The van der Waals surface area contributed by atoms with E-state index in [-0.39, 0.29) is 6.61 Å². The van der Waals surface area contributed by atoms with Crippen molar-refractivity contribution in [1.82, 2.24) is 4.90 Å². The first-order chi connectivity index (χ1) is 4.83. The molecule has 0 N–H and O–H groups in total. The van der Waals surface area contributed by atoms with Crippen molar-refractivity contribution in [3.8, 4) is 0 Å². The van der Waals surface area contributed by atoms with Crippen molar-refractivity contribution in [2.24, 2.45) is 5.92 Å². The van der Waals surface area contributed by atoms with Crippen LogP contribution in [0.4, 0.5) is 0 Å². The molecule has 0 spiro atoms. The highest BCUT2D eigenvalue weighted by Gasteiger charge is 2.15. The van der Waals surface area contributed by atoms with Crippen LogP contribution < -0.4 is 0 Å². The monoisotopic (exact) mass is 142 g/mol. The number of piperidine rings is 1. The molecule has 10 heavy (non-hydrogen) atoms. The van der Waals surface area contributed by atoms with Gasteiger partial charge in [-0.3, -0.25) is 0 Å². The van der Waals surface area contributed by atoms with Gasteiger partial charge in [-0.05, 0) is 38.8 Å². The predicted octanol–water partition coefficient (Wildman–Crippen LogP) is 1.15. The van der Waals surface area contributed by atoms with Gasteiger partial charge >= 0.3 is 0 Å². The van der Waals surface area contributed by atoms with Gasteiger partial charge in [-0.15, -0.1) is 0 Å². The highest BCUT2D eigenvalue weighted by atomic mass is 16.3. The maximum Gasteiger partial charge on any atom is 0.0825 e. The predicted molar refractivity (Wildman–Crippen MR) is 40.4 cm³/mol. The van der Waals surface area contributed by atoms with Crippen LogP contribution in [-0.2, 0) is 5.11 Å². The Hall–Kier alpha value is -0.0800. The highest BCUT2D eigenvalue weighted by molar-refractivity contribution is 4.69. The second-order valence-corrected chi connectivity index (χ2v) is 3.26. The normalized spacial score (nSPS) is 28.8. The molecule has 0 aromatic heterocycles. The number of nitrogens with zero attached hydrogens (tertiary/aromatic N) is 1. The molecule has 1 aliphatic heterocycles. The van der Waals surface area contributed by atoms with Crippen LogP contribution in [0.3, 0.4) is 0 Å². The third kappa shape index (κ3) is 2.27. The van der Waals surface area contributed by atoms with Crippen LogP contribution in [0.25, 0.3) is 0 Å². The molecule has 0 aliphatic carbocycles. The minimum absolute atomic E-state index is 0.110. The molecule has 0 aromatic rings. The van der Waals surface area contributed by atoms with Crippen molar-refractivity contribution < 1.29 is 5.11 Å². The second kappa shape index (κ2) is 3.94. The van der Waals surface area contributed by atoms with Crippen LogP contribution in [0.5, 0.6) is 0 Å². The molecule has 1 saturated heterocycles. The largest absolute Gasteiger partial charge is 0.306 e. The lowest BCUT2D eigenvalue weighted by Gasteiger charge is -2.28. The van der Waals surface area contributed by atoms with E-state index in [4.69, 9.17) is 0 Å². The minimum Gasteiger partial charge on any atom is -0.306 e. The molecule has 1 radical (unpaired) electrons. The third-order valence-corrected chi connectivity index (χ3v) is 2.25. The topological polar surface area (TPSA) is 23.1 Å². The van der Waals surface area contributed by atoms with Crippen LogP contribution in [0.2, 0.25) is 0 Å². The van der Waals surface area contributed by atoms with E-state index in [1.165, 1.54) is 19.4 Å². The summed E-state index contributed by atoms with van der Waals surface area (Å²) in [7, 11) is 2.14. The van der Waals surface area contributed by atoms with Crippen molar-refractivity contribution >= 4 is 0 Å². The van der Waals surface area contributed by atoms with Crippen LogP contribution in [0.1, 0.15) is 19.3 Å². The fourth-order valence-electron chi connectivity index (χ4n) is 1.68. The average Bonchev–Trinajstić information content (AvgIpc) is 1.88. The van der Waals surface area contributed by atoms with Gasteiger partial charge < -0.3 is 4.90 Å². The summed E-state index contributed by atoms with van der Waals surface area (Å²) in [6.07, 6.45) is 3.43. The quantitative estimate of drug-likeness (QED) is 0.567. The molecule has 0 unspecified atom stereocenters. The molecule has 0 amide bonds. The van der Waals surface area contributed by atoms with Gasteiger partial charge in [-0.2, -0.15) is 0 Å². The molecule has 0 bridgehead atoms. The Morgan fingerprint density at radius 2 is 2.40 bits per heavy atom. The summed E-state index contributed by atoms with van der Waals surface area (Å²) in [4.78, 5) is 2.32. The Bertz CT molecular complexity index is 93.3. The summed E-state index contributed by atoms with van der Waals surface area (Å²) in [6.45, 7) is 2.47. The van der Waals surface area contributed by atoms with Gasteiger partial charge in [0.1, 0.15) is 0 Å². The molecule has 0 aromatic carbocycles. The smallest absolute Gasteiger partial charge is 0.0825 e. The Balaban J connectivity index is 2.18. The lowest BCUT2D eigenvalue weighted by molar-refractivity contribution is 0.134. The fourth-order valence-corrected chi connectivity index (χ4v) is 1.68. The molecule has 59 valence electrons. The van der Waals surface area contributed by atoms with Gasteiger partial charge in [0.2, 0.25) is 0 Å². The molecule has 1 fully saturated rings. The summed E-state index contributed by atoms with van der Waals surface area (Å²) in [5, 5.41) is 10.3. The highest BCUT2D eigenvalue weighted by Crippen LogP contribution is 2.17. The molecule has 1 atom stereocenters. The van der Waals surface area contributed by atoms with Crippen LogP contribution in [0, 0.1) is 5.92 Å². The standard InChI is InChI=1S/C8H16NO/c1-9-5-2-3-8(7-9)4-6-10/h8H,2-7H2,1H3/t8-/m1/s1. The van der Waals surface area contributed by atoms with Gasteiger partial charge in [0.15, 0.2) is 0 Å². The van der Waals surface area contributed by atoms with E-state index >= 15 is 0 Å². The Labute approximate surface area is 62.8 Å². The van der Waals surface area contributed by atoms with Gasteiger partial charge in [0, 0.05) is 6.54 Å². The molecule has 1 heterocycles. The summed E-state index contributed by atoms with van der Waals surface area (Å²) in [5.74, 6) is 0.691. The van der Waals surface area contributed by atoms with Crippen molar-refractivity contribution in [1.29, 1.82) is 0 Å². The van der Waals surface area contributed by atoms with Gasteiger partial charge in [0.25, 0.3) is 0 Å². The maximum atomic E-state index is 10.3. The summed E-state index contributed by atoms with van der Waals surface area (Å²) in [5.41, 5.74) is 0. The van der Waals surface area contributed by atoms with Crippen molar-refractivity contribution in [3.63, 3.8) is 0 Å². The molecule has 2 nitrogen and oxygen atoms in total. The van der Waals surface area contributed by atoms with E-state index in [9.17, 15) is 5.11 Å². The van der Waals surface area contributed by atoms with Gasteiger partial charge in [-0.25, -0.2) is 5.11 Å². The Morgan fingerprint density at radius 1 is 1.60 bits per heavy atom. The zero-order valence-electron chi connectivity index (χ0n) is 6.68. The Morgan fingerprint density at radius 3 is 3.00 bits per heavy atom. The first kappa shape index (κ1) is 8.02. The zero-order chi connectivity index (χ0) is 7.40. The van der Waals surface area contributed by atoms with Crippen LogP contribution in [0.15, 0.2) is 0 Å². The van der Waals surface area contributed by atoms with E-state index in [1.54, 1.807) is 0 Å². The SMILES string of the molecule is CN1CCC[C@H](CC[O])C1. The molecule has 2 heteroatoms. The molecule has 1 rings (SSSR count). The number of hydrogen-bond acceptors (Lipinski definition) is 1. The second-order valence-electron chi connectivity index (χ2n) is 3.26. The fraction of sp³-hybridized carbons (Fsp3) is 1.00. The summed E-state index contributed by atoms with van der Waals surface area (Å²) >= 11 is 0. The van der Waals surface area contributed by atoms with Gasteiger partial charge in [-0.1, -0.05) is 0 Å². The maximum absolute atomic E-state index is 10.3. The van der Waals surface area contributed by atoms with Crippen molar-refractivity contribution in [3.05, 3.63) is 0 Å². The zero-order valence-corrected chi connectivity index (χ0v) is 6.68. The minimum atomic E-state index is 0.110. The molecular weight excluding hydrogens is 126 g/mol. The van der Waals surface area contributed by atoms with Crippen molar-refractivity contribution in [2.45, 2.75) is 19.3 Å². The van der Waals surface area contributed by atoms with E-state index < -0.39 is 0 Å². The Kier molecular flexibility index (Phi) is 3.16. The summed E-state index contributed by atoms with van der Waals surface area (Å²) in [6, 6.07) is 0. The number of rotatable bonds is 2. The first-order valence-electron chi connectivity index (χ1n) is 4.09. The third-order valence-electron chi connectivity index (χ3n) is 2.25. The van der Waals surface area contributed by atoms with Crippen LogP contribution in [-0.4, -0.2) is 31.6 Å². The van der Waals surface area contributed by atoms with E-state index in [0.29, 0.717) is 5.92 Å². The first-order valence-corrected chi connectivity index (χ1v) is 4.09. The van der Waals surface area contributed by atoms with E-state index in [0.717, 1.165) is 13.0 Å². The lowest BCUT2D eigenvalue weighted by atomic mass is 9.96. The summed E-state index contributed by atoms with van der Waals surface area (Å²) < 4.78 is 0. The lowest BCUT2D eigenvalue weighted by Crippen LogP contribution is -2.32. The molecule has 1 aliphatic rings. The van der Waals surface area contributed by atoms with Gasteiger partial charge in [0.05, 0.1) is 6.61 Å². The van der Waals surface area contributed by atoms with Crippen molar-refractivity contribution in [2.75, 3.05) is 26.7 Å². The molecule has 0 saturated carbocycles. The number of hydrogen-bond donors (Lipinski definition) is 0.